The van der Waals surface area contributed by atoms with E-state index in [2.05, 4.69) is 14.9 Å². The summed E-state index contributed by atoms with van der Waals surface area (Å²) < 4.78 is 13.4. The topological polar surface area (TPSA) is 49.3 Å². The Kier molecular flexibility index (Phi) is 4.34. The zero-order chi connectivity index (χ0) is 17.2. The van der Waals surface area contributed by atoms with Crippen LogP contribution in [-0.4, -0.2) is 46.5 Å². The van der Waals surface area contributed by atoms with E-state index >= 15 is 0 Å². The molecule has 0 aliphatic carbocycles. The Morgan fingerprint density at radius 2 is 1.96 bits per heavy atom. The Labute approximate surface area is 146 Å². The van der Waals surface area contributed by atoms with Gasteiger partial charge >= 0.3 is 0 Å². The minimum absolute atomic E-state index is 0.0798. The number of nitrogens with zero attached hydrogens (tertiary/aromatic N) is 4. The first kappa shape index (κ1) is 16.0. The fraction of sp³-hybridized carbons (Fsp3) is 0.421. The highest BCUT2D eigenvalue weighted by molar-refractivity contribution is 5.79. The molecule has 130 valence electrons. The number of benzene rings is 1. The van der Waals surface area contributed by atoms with Gasteiger partial charge < -0.3 is 9.80 Å². The third-order valence-corrected chi connectivity index (χ3v) is 5.11. The lowest BCUT2D eigenvalue weighted by Gasteiger charge is -2.36. The average Bonchev–Trinajstić information content (AvgIpc) is 2.94. The van der Waals surface area contributed by atoms with Crippen LogP contribution in [0.15, 0.2) is 42.7 Å². The van der Waals surface area contributed by atoms with Crippen LogP contribution in [0, 0.1) is 11.7 Å². The molecule has 4 heterocycles. The predicted octanol–water partition coefficient (Wildman–Crippen LogP) is 2.29. The standard InChI is InChI=1S/C19H21FN4O/c20-16-4-1-3-14(9-16)10-18(25)24-12-15-5-6-17(24)13-23(11-15)19-21-7-2-8-22-19/h1-4,7-9,15,17H,5-6,10-13H2. The summed E-state index contributed by atoms with van der Waals surface area (Å²) in [4.78, 5) is 25.7. The fourth-order valence-electron chi connectivity index (χ4n) is 3.93. The second-order valence-corrected chi connectivity index (χ2v) is 6.90. The Morgan fingerprint density at radius 3 is 2.76 bits per heavy atom. The third-order valence-electron chi connectivity index (χ3n) is 5.11. The lowest BCUT2D eigenvalue weighted by molar-refractivity contribution is -0.134. The van der Waals surface area contributed by atoms with Gasteiger partial charge in [-0.1, -0.05) is 12.1 Å². The molecule has 0 spiro atoms. The summed E-state index contributed by atoms with van der Waals surface area (Å²) >= 11 is 0. The number of aromatic nitrogens is 2. The van der Waals surface area contributed by atoms with Crippen molar-refractivity contribution in [2.24, 2.45) is 5.92 Å². The van der Waals surface area contributed by atoms with Gasteiger partial charge in [-0.2, -0.15) is 0 Å². The minimum atomic E-state index is -0.296. The molecule has 0 N–H and O–H groups in total. The molecule has 25 heavy (non-hydrogen) atoms. The number of amides is 1. The molecule has 5 nitrogen and oxygen atoms in total. The molecule has 2 aromatic rings. The summed E-state index contributed by atoms with van der Waals surface area (Å²) in [6.07, 6.45) is 5.88. The smallest absolute Gasteiger partial charge is 0.227 e. The number of carbonyl (C=O) groups is 1. The van der Waals surface area contributed by atoms with E-state index in [0.717, 1.165) is 44.0 Å². The quantitative estimate of drug-likeness (QED) is 0.860. The van der Waals surface area contributed by atoms with Crippen molar-refractivity contribution < 1.29 is 9.18 Å². The molecule has 2 bridgehead atoms. The van der Waals surface area contributed by atoms with Crippen molar-refractivity contribution in [1.82, 2.24) is 14.9 Å². The molecule has 2 atom stereocenters. The number of halogens is 1. The molecule has 3 fully saturated rings. The molecule has 0 radical (unpaired) electrons. The van der Waals surface area contributed by atoms with Gasteiger partial charge in [-0.15, -0.1) is 0 Å². The van der Waals surface area contributed by atoms with Crippen molar-refractivity contribution in [1.29, 1.82) is 0 Å². The summed E-state index contributed by atoms with van der Waals surface area (Å²) in [5, 5.41) is 0. The third kappa shape index (κ3) is 3.48. The van der Waals surface area contributed by atoms with Gasteiger partial charge in [-0.05, 0) is 42.5 Å². The van der Waals surface area contributed by atoms with Crippen LogP contribution in [0.25, 0.3) is 0 Å². The van der Waals surface area contributed by atoms with Gasteiger partial charge in [0.05, 0.1) is 6.42 Å². The van der Waals surface area contributed by atoms with Crippen molar-refractivity contribution in [2.75, 3.05) is 24.5 Å². The predicted molar refractivity (Wildman–Crippen MR) is 92.6 cm³/mol. The maximum absolute atomic E-state index is 13.4. The van der Waals surface area contributed by atoms with E-state index in [1.54, 1.807) is 24.5 Å². The maximum atomic E-state index is 13.4. The Morgan fingerprint density at radius 1 is 1.12 bits per heavy atom. The first-order chi connectivity index (χ1) is 12.2. The molecule has 0 saturated carbocycles. The highest BCUT2D eigenvalue weighted by Crippen LogP contribution is 2.30. The molecular weight excluding hydrogens is 319 g/mol. The monoisotopic (exact) mass is 340 g/mol. The van der Waals surface area contributed by atoms with Gasteiger partial charge in [-0.25, -0.2) is 14.4 Å². The molecule has 2 unspecified atom stereocenters. The van der Waals surface area contributed by atoms with Gasteiger partial charge in [0.2, 0.25) is 11.9 Å². The molecule has 5 rings (SSSR count). The number of fused-ring (bicyclic) bond motifs is 4. The summed E-state index contributed by atoms with van der Waals surface area (Å²) in [6.45, 7) is 2.40. The van der Waals surface area contributed by atoms with Crippen LogP contribution in [0.5, 0.6) is 0 Å². The molecule has 1 aromatic heterocycles. The van der Waals surface area contributed by atoms with Crippen LogP contribution in [-0.2, 0) is 11.2 Å². The van der Waals surface area contributed by atoms with Crippen molar-refractivity contribution in [2.45, 2.75) is 25.3 Å². The van der Waals surface area contributed by atoms with E-state index in [1.807, 2.05) is 11.0 Å². The van der Waals surface area contributed by atoms with Crippen molar-refractivity contribution in [3.63, 3.8) is 0 Å². The van der Waals surface area contributed by atoms with Gasteiger partial charge in [0.1, 0.15) is 5.82 Å². The molecular formula is C19H21FN4O. The minimum Gasteiger partial charge on any atom is -0.338 e. The van der Waals surface area contributed by atoms with Crippen LogP contribution in [0.1, 0.15) is 18.4 Å². The Bertz CT molecular complexity index is 754. The molecule has 1 aromatic carbocycles. The first-order valence-corrected chi connectivity index (χ1v) is 8.75. The second kappa shape index (κ2) is 6.78. The molecule has 3 aliphatic heterocycles. The van der Waals surface area contributed by atoms with Gasteiger partial charge in [0.25, 0.3) is 0 Å². The normalized spacial score (nSPS) is 22.8. The Balaban J connectivity index is 1.49. The van der Waals surface area contributed by atoms with E-state index in [-0.39, 0.29) is 24.2 Å². The number of rotatable bonds is 3. The maximum Gasteiger partial charge on any atom is 0.227 e. The molecule has 3 aliphatic rings. The van der Waals surface area contributed by atoms with Crippen LogP contribution in [0.3, 0.4) is 0 Å². The molecule has 6 heteroatoms. The number of piperidine rings is 1. The highest BCUT2D eigenvalue weighted by atomic mass is 19.1. The van der Waals surface area contributed by atoms with Crippen LogP contribution in [0.4, 0.5) is 10.3 Å². The molecule has 1 amide bonds. The van der Waals surface area contributed by atoms with E-state index in [4.69, 9.17) is 0 Å². The van der Waals surface area contributed by atoms with Crippen LogP contribution >= 0.6 is 0 Å². The van der Waals surface area contributed by atoms with Crippen molar-refractivity contribution in [3.8, 4) is 0 Å². The van der Waals surface area contributed by atoms with E-state index in [1.165, 1.54) is 12.1 Å². The zero-order valence-electron chi connectivity index (χ0n) is 14.0. The number of carbonyl (C=O) groups excluding carboxylic acids is 1. The van der Waals surface area contributed by atoms with Gasteiger partial charge in [0.15, 0.2) is 0 Å². The highest BCUT2D eigenvalue weighted by Gasteiger charge is 2.37. The fourth-order valence-corrected chi connectivity index (χ4v) is 3.93. The van der Waals surface area contributed by atoms with E-state index < -0.39 is 0 Å². The van der Waals surface area contributed by atoms with Crippen molar-refractivity contribution in [3.05, 3.63) is 54.1 Å². The van der Waals surface area contributed by atoms with Crippen LogP contribution in [0.2, 0.25) is 0 Å². The van der Waals surface area contributed by atoms with Crippen LogP contribution < -0.4 is 4.90 Å². The largest absolute Gasteiger partial charge is 0.338 e. The number of hydrogen-bond donors (Lipinski definition) is 0. The number of anilines is 1. The number of hydrogen-bond acceptors (Lipinski definition) is 4. The summed E-state index contributed by atoms with van der Waals surface area (Å²) in [5.74, 6) is 0.948. The average molecular weight is 340 g/mol. The summed E-state index contributed by atoms with van der Waals surface area (Å²) in [5.41, 5.74) is 0.730. The lowest BCUT2D eigenvalue weighted by Crippen LogP contribution is -2.48. The Hall–Kier alpha value is -2.50. The van der Waals surface area contributed by atoms with Gasteiger partial charge in [0, 0.05) is 38.1 Å². The SMILES string of the molecule is O=C(Cc1cccc(F)c1)N1CC2CCC1CN(c1ncccn1)C2. The first-order valence-electron chi connectivity index (χ1n) is 8.75. The molecule has 3 saturated heterocycles. The van der Waals surface area contributed by atoms with E-state index in [0.29, 0.717) is 5.92 Å². The summed E-state index contributed by atoms with van der Waals surface area (Å²) in [6, 6.07) is 8.29. The van der Waals surface area contributed by atoms with E-state index in [9.17, 15) is 9.18 Å². The second-order valence-electron chi connectivity index (χ2n) is 6.90. The van der Waals surface area contributed by atoms with Gasteiger partial charge in [-0.3, -0.25) is 4.79 Å². The summed E-state index contributed by atoms with van der Waals surface area (Å²) in [7, 11) is 0. The zero-order valence-corrected chi connectivity index (χ0v) is 14.0. The lowest BCUT2D eigenvalue weighted by atomic mass is 9.94. The van der Waals surface area contributed by atoms with Crippen molar-refractivity contribution >= 4 is 11.9 Å².